The van der Waals surface area contributed by atoms with E-state index in [-0.39, 0.29) is 17.1 Å². The van der Waals surface area contributed by atoms with Crippen LogP contribution in [0.5, 0.6) is 0 Å². The number of hydrogen-bond acceptors (Lipinski definition) is 4. The highest BCUT2D eigenvalue weighted by molar-refractivity contribution is 6.07. The summed E-state index contributed by atoms with van der Waals surface area (Å²) in [5.74, 6) is -1.63. The molecular weight excluding hydrogens is 252 g/mol. The SMILES string of the molecule is CC(C(=O)O)=C(C)C(=O)NC(=O)NCC1CCOC1. The van der Waals surface area contributed by atoms with E-state index in [1.54, 1.807) is 0 Å². The molecule has 0 aromatic carbocycles. The number of amides is 3. The molecular formula is C12H18N2O5. The molecule has 1 heterocycles. The van der Waals surface area contributed by atoms with E-state index in [0.717, 1.165) is 6.42 Å². The van der Waals surface area contributed by atoms with Gasteiger partial charge in [-0.3, -0.25) is 10.1 Å². The molecule has 1 fully saturated rings. The van der Waals surface area contributed by atoms with Gasteiger partial charge in [0, 0.05) is 30.2 Å². The van der Waals surface area contributed by atoms with Crippen LogP contribution in [0.15, 0.2) is 11.1 Å². The van der Waals surface area contributed by atoms with E-state index in [2.05, 4.69) is 10.6 Å². The highest BCUT2D eigenvalue weighted by Crippen LogP contribution is 2.10. The fourth-order valence-corrected chi connectivity index (χ4v) is 1.55. The number of rotatable bonds is 4. The normalized spacial score (nSPS) is 19.6. The van der Waals surface area contributed by atoms with Crippen molar-refractivity contribution in [2.24, 2.45) is 5.92 Å². The van der Waals surface area contributed by atoms with Crippen molar-refractivity contribution in [2.45, 2.75) is 20.3 Å². The van der Waals surface area contributed by atoms with Crippen molar-refractivity contribution in [1.29, 1.82) is 0 Å². The second-order valence-corrected chi connectivity index (χ2v) is 4.45. The van der Waals surface area contributed by atoms with Crippen LogP contribution in [0.2, 0.25) is 0 Å². The van der Waals surface area contributed by atoms with E-state index < -0.39 is 17.9 Å². The Balaban J connectivity index is 2.41. The number of urea groups is 1. The quantitative estimate of drug-likeness (QED) is 0.636. The van der Waals surface area contributed by atoms with Gasteiger partial charge >= 0.3 is 12.0 Å². The average molecular weight is 270 g/mol. The summed E-state index contributed by atoms with van der Waals surface area (Å²) >= 11 is 0. The Bertz CT molecular complexity index is 410. The first-order valence-corrected chi connectivity index (χ1v) is 5.99. The summed E-state index contributed by atoms with van der Waals surface area (Å²) in [7, 11) is 0. The number of carbonyl (C=O) groups is 3. The summed E-state index contributed by atoms with van der Waals surface area (Å²) < 4.78 is 5.16. The molecule has 1 aliphatic rings. The molecule has 0 aromatic rings. The Kier molecular flexibility index (Phi) is 5.50. The number of hydrogen-bond donors (Lipinski definition) is 3. The zero-order valence-corrected chi connectivity index (χ0v) is 11.0. The van der Waals surface area contributed by atoms with Crippen LogP contribution in [0, 0.1) is 5.92 Å². The molecule has 106 valence electrons. The predicted molar refractivity (Wildman–Crippen MR) is 66.5 cm³/mol. The van der Waals surface area contributed by atoms with Crippen molar-refractivity contribution in [3.63, 3.8) is 0 Å². The smallest absolute Gasteiger partial charge is 0.331 e. The molecule has 1 aliphatic heterocycles. The van der Waals surface area contributed by atoms with Crippen LogP contribution < -0.4 is 10.6 Å². The summed E-state index contributed by atoms with van der Waals surface area (Å²) in [6.07, 6.45) is 0.880. The molecule has 0 aliphatic carbocycles. The second-order valence-electron chi connectivity index (χ2n) is 4.45. The summed E-state index contributed by atoms with van der Waals surface area (Å²) in [6.45, 7) is 4.39. The lowest BCUT2D eigenvalue weighted by molar-refractivity contribution is -0.133. The third-order valence-electron chi connectivity index (χ3n) is 3.03. The van der Waals surface area contributed by atoms with Gasteiger partial charge in [-0.2, -0.15) is 0 Å². The van der Waals surface area contributed by atoms with Gasteiger partial charge in [0.2, 0.25) is 0 Å². The molecule has 0 spiro atoms. The lowest BCUT2D eigenvalue weighted by Gasteiger charge is -2.10. The molecule has 0 radical (unpaired) electrons. The van der Waals surface area contributed by atoms with Gasteiger partial charge in [-0.1, -0.05) is 0 Å². The maximum Gasteiger partial charge on any atom is 0.331 e. The number of carboxylic acids is 1. The molecule has 1 atom stereocenters. The first-order valence-electron chi connectivity index (χ1n) is 5.99. The van der Waals surface area contributed by atoms with Crippen LogP contribution in [-0.2, 0) is 14.3 Å². The fourth-order valence-electron chi connectivity index (χ4n) is 1.55. The molecule has 3 N–H and O–H groups in total. The second kappa shape index (κ2) is 6.89. The van der Waals surface area contributed by atoms with Crippen LogP contribution in [0.4, 0.5) is 4.79 Å². The van der Waals surface area contributed by atoms with Crippen LogP contribution in [0.25, 0.3) is 0 Å². The molecule has 1 saturated heterocycles. The van der Waals surface area contributed by atoms with Gasteiger partial charge in [-0.25, -0.2) is 9.59 Å². The maximum atomic E-state index is 11.6. The van der Waals surface area contributed by atoms with Gasteiger partial charge < -0.3 is 15.2 Å². The Morgan fingerprint density at radius 1 is 1.26 bits per heavy atom. The number of nitrogens with one attached hydrogen (secondary N) is 2. The Morgan fingerprint density at radius 3 is 2.47 bits per heavy atom. The highest BCUT2D eigenvalue weighted by Gasteiger charge is 2.18. The summed E-state index contributed by atoms with van der Waals surface area (Å²) in [5, 5.41) is 13.4. The Morgan fingerprint density at radius 2 is 1.95 bits per heavy atom. The van der Waals surface area contributed by atoms with Gasteiger partial charge in [-0.05, 0) is 20.3 Å². The van der Waals surface area contributed by atoms with Gasteiger partial charge in [0.1, 0.15) is 0 Å². The maximum absolute atomic E-state index is 11.6. The number of carbonyl (C=O) groups excluding carboxylic acids is 2. The molecule has 1 unspecified atom stereocenters. The average Bonchev–Trinajstić information content (AvgIpc) is 2.87. The van der Waals surface area contributed by atoms with Crippen molar-refractivity contribution in [1.82, 2.24) is 10.6 Å². The largest absolute Gasteiger partial charge is 0.478 e. The molecule has 1 rings (SSSR count). The van der Waals surface area contributed by atoms with Crippen LogP contribution >= 0.6 is 0 Å². The Hall–Kier alpha value is -1.89. The van der Waals surface area contributed by atoms with Crippen LogP contribution in [0.1, 0.15) is 20.3 Å². The summed E-state index contributed by atoms with van der Waals surface area (Å²) in [6, 6.07) is -0.630. The minimum Gasteiger partial charge on any atom is -0.478 e. The molecule has 7 nitrogen and oxygen atoms in total. The number of aliphatic carboxylic acids is 1. The molecule has 3 amide bonds. The van der Waals surface area contributed by atoms with E-state index in [1.807, 2.05) is 0 Å². The lowest BCUT2D eigenvalue weighted by Crippen LogP contribution is -2.42. The Labute approximate surface area is 111 Å². The van der Waals surface area contributed by atoms with E-state index in [4.69, 9.17) is 9.84 Å². The summed E-state index contributed by atoms with van der Waals surface area (Å²) in [5.41, 5.74) is -0.0821. The van der Waals surface area contributed by atoms with Crippen molar-refractivity contribution in [2.75, 3.05) is 19.8 Å². The van der Waals surface area contributed by atoms with Gasteiger partial charge in [0.25, 0.3) is 5.91 Å². The van der Waals surface area contributed by atoms with E-state index in [0.29, 0.717) is 19.8 Å². The van der Waals surface area contributed by atoms with Crippen LogP contribution in [-0.4, -0.2) is 42.8 Å². The predicted octanol–water partition coefficient (Wildman–Crippen LogP) is 0.270. The fraction of sp³-hybridized carbons (Fsp3) is 0.583. The third-order valence-corrected chi connectivity index (χ3v) is 3.03. The van der Waals surface area contributed by atoms with Crippen molar-refractivity contribution in [3.8, 4) is 0 Å². The van der Waals surface area contributed by atoms with Crippen LogP contribution in [0.3, 0.4) is 0 Å². The van der Waals surface area contributed by atoms with Crippen molar-refractivity contribution < 1.29 is 24.2 Å². The van der Waals surface area contributed by atoms with E-state index >= 15 is 0 Å². The highest BCUT2D eigenvalue weighted by atomic mass is 16.5. The van der Waals surface area contributed by atoms with Gasteiger partial charge in [0.15, 0.2) is 0 Å². The van der Waals surface area contributed by atoms with Crippen molar-refractivity contribution in [3.05, 3.63) is 11.1 Å². The summed E-state index contributed by atoms with van der Waals surface area (Å²) in [4.78, 5) is 33.7. The molecule has 19 heavy (non-hydrogen) atoms. The molecule has 0 bridgehead atoms. The minimum absolute atomic E-state index is 0.00634. The minimum atomic E-state index is -1.18. The number of carboxylic acid groups (broad SMARTS) is 1. The zero-order chi connectivity index (χ0) is 14.4. The van der Waals surface area contributed by atoms with Gasteiger partial charge in [0.05, 0.1) is 6.61 Å². The van der Waals surface area contributed by atoms with Crippen molar-refractivity contribution >= 4 is 17.9 Å². The topological polar surface area (TPSA) is 105 Å². The third kappa shape index (κ3) is 4.70. The first kappa shape index (κ1) is 15.2. The number of imide groups is 1. The lowest BCUT2D eigenvalue weighted by atomic mass is 10.1. The molecule has 0 saturated carbocycles. The standard InChI is InChI=1S/C12H18N2O5/c1-7(8(2)11(16)17)10(15)14-12(18)13-5-9-3-4-19-6-9/h9H,3-6H2,1-2H3,(H,16,17)(H2,13,14,15,18). The zero-order valence-electron chi connectivity index (χ0n) is 11.0. The van der Waals surface area contributed by atoms with E-state index in [9.17, 15) is 14.4 Å². The van der Waals surface area contributed by atoms with Gasteiger partial charge in [-0.15, -0.1) is 0 Å². The first-order chi connectivity index (χ1) is 8.91. The molecule has 7 heteroatoms. The monoisotopic (exact) mass is 270 g/mol. The number of ether oxygens (including phenoxy) is 1. The van der Waals surface area contributed by atoms with E-state index in [1.165, 1.54) is 13.8 Å². The molecule has 0 aromatic heterocycles.